The Hall–Kier alpha value is -2.70. The van der Waals surface area contributed by atoms with Gasteiger partial charge in [0.2, 0.25) is 0 Å². The summed E-state index contributed by atoms with van der Waals surface area (Å²) in [6, 6.07) is 19.1. The van der Waals surface area contributed by atoms with Gasteiger partial charge in [-0.2, -0.15) is 0 Å². The zero-order chi connectivity index (χ0) is 21.0. The van der Waals surface area contributed by atoms with Gasteiger partial charge in [0.15, 0.2) is 11.5 Å². The smallest absolute Gasteiger partial charge is 0.266 e. The lowest BCUT2D eigenvalue weighted by molar-refractivity contribution is 0.355. The van der Waals surface area contributed by atoms with Gasteiger partial charge in [-0.25, -0.2) is 8.42 Å². The Morgan fingerprint density at radius 3 is 2.28 bits per heavy atom. The molecule has 0 fully saturated rings. The van der Waals surface area contributed by atoms with Gasteiger partial charge in [0.25, 0.3) is 10.0 Å². The van der Waals surface area contributed by atoms with Crippen LogP contribution in [0.5, 0.6) is 11.5 Å². The molecule has 3 rings (SSSR count). The SMILES string of the molecule is COc1ccc(N(Cc2cccc(C)c2)S(=O)(=O)c2ccccc2Cl)cc1OC. The number of sulfonamides is 1. The molecule has 0 saturated heterocycles. The van der Waals surface area contributed by atoms with Gasteiger partial charge >= 0.3 is 0 Å². The fourth-order valence-corrected chi connectivity index (χ4v) is 4.98. The molecule has 0 aliphatic heterocycles. The highest BCUT2D eigenvalue weighted by molar-refractivity contribution is 7.93. The lowest BCUT2D eigenvalue weighted by Crippen LogP contribution is -2.30. The van der Waals surface area contributed by atoms with Gasteiger partial charge in [-0.1, -0.05) is 53.6 Å². The number of hydrogen-bond donors (Lipinski definition) is 0. The average molecular weight is 432 g/mol. The van der Waals surface area contributed by atoms with Crippen LogP contribution in [0.2, 0.25) is 5.02 Å². The summed E-state index contributed by atoms with van der Waals surface area (Å²) in [4.78, 5) is 0.0455. The Labute approximate surface area is 176 Å². The van der Waals surface area contributed by atoms with Gasteiger partial charge in [-0.15, -0.1) is 0 Å². The fraction of sp³-hybridized carbons (Fsp3) is 0.182. The van der Waals surface area contributed by atoms with Gasteiger partial charge in [-0.3, -0.25) is 4.31 Å². The van der Waals surface area contributed by atoms with Crippen molar-refractivity contribution in [1.82, 2.24) is 0 Å². The zero-order valence-corrected chi connectivity index (χ0v) is 18.0. The van der Waals surface area contributed by atoms with E-state index < -0.39 is 10.0 Å². The van der Waals surface area contributed by atoms with Crippen LogP contribution in [0, 0.1) is 6.92 Å². The molecule has 0 spiro atoms. The molecule has 152 valence electrons. The molecule has 0 aromatic heterocycles. The van der Waals surface area contributed by atoms with E-state index in [0.29, 0.717) is 17.2 Å². The van der Waals surface area contributed by atoms with Gasteiger partial charge in [0.05, 0.1) is 31.5 Å². The van der Waals surface area contributed by atoms with Crippen molar-refractivity contribution in [2.24, 2.45) is 0 Å². The molecule has 0 saturated carbocycles. The van der Waals surface area contributed by atoms with Crippen LogP contribution in [-0.2, 0) is 16.6 Å². The molecule has 5 nitrogen and oxygen atoms in total. The highest BCUT2D eigenvalue weighted by Crippen LogP contribution is 2.35. The third kappa shape index (κ3) is 4.49. The standard InChI is InChI=1S/C22H22ClNO4S/c1-16-7-6-8-17(13-16)15-24(18-11-12-20(27-2)21(14-18)28-3)29(25,26)22-10-5-4-9-19(22)23/h4-14H,15H2,1-3H3. The van der Waals surface area contributed by atoms with E-state index in [4.69, 9.17) is 21.1 Å². The summed E-state index contributed by atoms with van der Waals surface area (Å²) in [7, 11) is -0.896. The summed E-state index contributed by atoms with van der Waals surface area (Å²) in [5.74, 6) is 0.954. The Morgan fingerprint density at radius 2 is 1.62 bits per heavy atom. The summed E-state index contributed by atoms with van der Waals surface area (Å²) >= 11 is 6.22. The number of anilines is 1. The van der Waals surface area contributed by atoms with Gasteiger partial charge < -0.3 is 9.47 Å². The van der Waals surface area contributed by atoms with E-state index in [9.17, 15) is 8.42 Å². The zero-order valence-electron chi connectivity index (χ0n) is 16.4. The molecule has 0 radical (unpaired) electrons. The van der Waals surface area contributed by atoms with E-state index >= 15 is 0 Å². The number of methoxy groups -OCH3 is 2. The van der Waals surface area contributed by atoms with E-state index in [0.717, 1.165) is 11.1 Å². The van der Waals surface area contributed by atoms with E-state index in [2.05, 4.69) is 0 Å². The van der Waals surface area contributed by atoms with Crippen LogP contribution in [-0.4, -0.2) is 22.6 Å². The second-order valence-corrected chi connectivity index (χ2v) is 8.71. The quantitative estimate of drug-likeness (QED) is 0.524. The van der Waals surface area contributed by atoms with E-state index in [1.165, 1.54) is 24.6 Å². The molecule has 29 heavy (non-hydrogen) atoms. The third-order valence-corrected chi connectivity index (χ3v) is 6.74. The molecule has 0 heterocycles. The van der Waals surface area contributed by atoms with Crippen LogP contribution in [0.1, 0.15) is 11.1 Å². The maximum atomic E-state index is 13.6. The minimum Gasteiger partial charge on any atom is -0.493 e. The molecular formula is C22H22ClNO4S. The second-order valence-electron chi connectivity index (χ2n) is 6.47. The predicted molar refractivity (Wildman–Crippen MR) is 116 cm³/mol. The first-order valence-electron chi connectivity index (χ1n) is 8.91. The van der Waals surface area contributed by atoms with E-state index in [-0.39, 0.29) is 16.5 Å². The third-order valence-electron chi connectivity index (χ3n) is 4.47. The van der Waals surface area contributed by atoms with Crippen molar-refractivity contribution < 1.29 is 17.9 Å². The normalized spacial score (nSPS) is 11.2. The minimum absolute atomic E-state index is 0.0455. The van der Waals surface area contributed by atoms with Crippen LogP contribution in [0.25, 0.3) is 0 Å². The summed E-state index contributed by atoms with van der Waals surface area (Å²) in [5, 5.41) is 0.169. The molecule has 0 amide bonds. The Bertz CT molecular complexity index is 1120. The first-order chi connectivity index (χ1) is 13.9. The molecule has 0 bridgehead atoms. The van der Waals surface area contributed by atoms with Crippen LogP contribution >= 0.6 is 11.6 Å². The number of benzene rings is 3. The molecular weight excluding hydrogens is 410 g/mol. The van der Waals surface area contributed by atoms with Crippen molar-refractivity contribution in [3.8, 4) is 11.5 Å². The van der Waals surface area contributed by atoms with Crippen molar-refractivity contribution in [2.75, 3.05) is 18.5 Å². The molecule has 7 heteroatoms. The van der Waals surface area contributed by atoms with Crippen molar-refractivity contribution >= 4 is 27.3 Å². The number of halogens is 1. The summed E-state index contributed by atoms with van der Waals surface area (Å²) in [6.07, 6.45) is 0. The van der Waals surface area contributed by atoms with Gasteiger partial charge in [0, 0.05) is 6.07 Å². The largest absolute Gasteiger partial charge is 0.493 e. The molecule has 0 unspecified atom stereocenters. The van der Waals surface area contributed by atoms with Crippen molar-refractivity contribution in [1.29, 1.82) is 0 Å². The van der Waals surface area contributed by atoms with Crippen molar-refractivity contribution in [2.45, 2.75) is 18.4 Å². The van der Waals surface area contributed by atoms with E-state index in [1.54, 1.807) is 36.4 Å². The van der Waals surface area contributed by atoms with Crippen LogP contribution in [0.4, 0.5) is 5.69 Å². The molecule has 3 aromatic carbocycles. The molecule has 0 aliphatic rings. The second kappa shape index (κ2) is 8.76. The number of rotatable bonds is 7. The fourth-order valence-electron chi connectivity index (χ4n) is 3.04. The minimum atomic E-state index is -3.94. The van der Waals surface area contributed by atoms with Crippen molar-refractivity contribution in [3.05, 3.63) is 82.9 Å². The molecule has 0 aliphatic carbocycles. The van der Waals surface area contributed by atoms with Crippen molar-refractivity contribution in [3.63, 3.8) is 0 Å². The lowest BCUT2D eigenvalue weighted by Gasteiger charge is -2.26. The summed E-state index contributed by atoms with van der Waals surface area (Å²) in [5.41, 5.74) is 2.35. The number of ether oxygens (including phenoxy) is 2. The average Bonchev–Trinajstić information content (AvgIpc) is 2.71. The monoisotopic (exact) mass is 431 g/mol. The summed E-state index contributed by atoms with van der Waals surface area (Å²) in [6.45, 7) is 2.11. The highest BCUT2D eigenvalue weighted by Gasteiger charge is 2.28. The van der Waals surface area contributed by atoms with Crippen LogP contribution < -0.4 is 13.8 Å². The number of nitrogens with zero attached hydrogens (tertiary/aromatic N) is 1. The summed E-state index contributed by atoms with van der Waals surface area (Å²) < 4.78 is 39.1. The van der Waals surface area contributed by atoms with Gasteiger partial charge in [0.1, 0.15) is 4.90 Å². The van der Waals surface area contributed by atoms with Crippen LogP contribution in [0.3, 0.4) is 0 Å². The Morgan fingerprint density at radius 1 is 0.897 bits per heavy atom. The predicted octanol–water partition coefficient (Wildman–Crippen LogP) is 5.06. The first-order valence-corrected chi connectivity index (χ1v) is 10.7. The number of hydrogen-bond acceptors (Lipinski definition) is 4. The maximum Gasteiger partial charge on any atom is 0.266 e. The van der Waals surface area contributed by atoms with Gasteiger partial charge in [-0.05, 0) is 36.8 Å². The van der Waals surface area contributed by atoms with E-state index in [1.807, 2.05) is 31.2 Å². The Balaban J connectivity index is 2.15. The highest BCUT2D eigenvalue weighted by atomic mass is 35.5. The topological polar surface area (TPSA) is 55.8 Å². The molecule has 0 atom stereocenters. The molecule has 0 N–H and O–H groups in total. The first kappa shape index (κ1) is 21.0. The number of aryl methyl sites for hydroxylation is 1. The lowest BCUT2D eigenvalue weighted by atomic mass is 10.1. The maximum absolute atomic E-state index is 13.6. The molecule has 3 aromatic rings. The Kier molecular flexibility index (Phi) is 6.35. The van der Waals surface area contributed by atoms with Crippen LogP contribution in [0.15, 0.2) is 71.6 Å².